The van der Waals surface area contributed by atoms with Gasteiger partial charge >= 0.3 is 0 Å². The maximum atomic E-state index is 12.8. The van der Waals surface area contributed by atoms with Crippen molar-refractivity contribution in [2.75, 3.05) is 39.4 Å². The predicted octanol–water partition coefficient (Wildman–Crippen LogP) is 2.05. The van der Waals surface area contributed by atoms with Gasteiger partial charge < -0.3 is 15.0 Å². The molecule has 2 saturated heterocycles. The number of morpholine rings is 1. The lowest BCUT2D eigenvalue weighted by atomic mass is 10.1. The molecule has 4 heterocycles. The molecule has 2 fully saturated rings. The van der Waals surface area contributed by atoms with E-state index in [4.69, 9.17) is 17.0 Å². The van der Waals surface area contributed by atoms with Gasteiger partial charge in [-0.3, -0.25) is 19.8 Å². The second-order valence-corrected chi connectivity index (χ2v) is 9.24. The minimum atomic E-state index is -0.215. The largest absolute Gasteiger partial charge is 0.379 e. The third-order valence-corrected chi connectivity index (χ3v) is 6.98. The molecule has 0 spiro atoms. The molecule has 0 bridgehead atoms. The van der Waals surface area contributed by atoms with Crippen molar-refractivity contribution in [3.8, 4) is 10.4 Å². The summed E-state index contributed by atoms with van der Waals surface area (Å²) in [4.78, 5) is 31.0. The van der Waals surface area contributed by atoms with Gasteiger partial charge in [-0.25, -0.2) is 0 Å². The lowest BCUT2D eigenvalue weighted by Crippen LogP contribution is -2.41. The molecule has 31 heavy (non-hydrogen) atoms. The smallest absolute Gasteiger partial charge is 0.273 e. The first-order chi connectivity index (χ1) is 15.1. The Kier molecular flexibility index (Phi) is 5.58. The van der Waals surface area contributed by atoms with Crippen LogP contribution in [0.4, 0.5) is 0 Å². The van der Waals surface area contributed by atoms with E-state index in [1.807, 2.05) is 29.2 Å². The van der Waals surface area contributed by atoms with Gasteiger partial charge in [-0.1, -0.05) is 6.07 Å². The molecule has 0 radical (unpaired) electrons. The Morgan fingerprint density at radius 3 is 2.71 bits per heavy atom. The van der Waals surface area contributed by atoms with Crippen molar-refractivity contribution in [3.05, 3.63) is 52.0 Å². The van der Waals surface area contributed by atoms with E-state index in [-0.39, 0.29) is 11.8 Å². The molecule has 3 aliphatic rings. The number of thiophene rings is 1. The van der Waals surface area contributed by atoms with E-state index >= 15 is 0 Å². The molecule has 2 aromatic rings. The summed E-state index contributed by atoms with van der Waals surface area (Å²) < 4.78 is 5.39. The predicted molar refractivity (Wildman–Crippen MR) is 124 cm³/mol. The third-order valence-electron chi connectivity index (χ3n) is 5.69. The van der Waals surface area contributed by atoms with Crippen molar-refractivity contribution >= 4 is 46.6 Å². The summed E-state index contributed by atoms with van der Waals surface area (Å²) in [6, 6.07) is 10.1. The third kappa shape index (κ3) is 4.27. The molecule has 1 aromatic heterocycles. The van der Waals surface area contributed by atoms with Crippen LogP contribution in [0.2, 0.25) is 0 Å². The molecule has 0 saturated carbocycles. The number of rotatable bonds is 5. The quantitative estimate of drug-likeness (QED) is 0.532. The van der Waals surface area contributed by atoms with Crippen molar-refractivity contribution in [1.29, 1.82) is 0 Å². The van der Waals surface area contributed by atoms with Gasteiger partial charge in [0.1, 0.15) is 5.70 Å². The molecule has 3 aliphatic heterocycles. The van der Waals surface area contributed by atoms with Crippen molar-refractivity contribution in [3.63, 3.8) is 0 Å². The number of nitrogens with zero attached hydrogens (tertiary/aromatic N) is 2. The number of hydrogen-bond acceptors (Lipinski definition) is 6. The van der Waals surface area contributed by atoms with Crippen LogP contribution in [0.25, 0.3) is 16.5 Å². The Bertz CT molecular complexity index is 1090. The highest BCUT2D eigenvalue weighted by atomic mass is 32.1. The zero-order valence-corrected chi connectivity index (χ0v) is 18.5. The first-order valence-electron chi connectivity index (χ1n) is 10.2. The number of benzene rings is 1. The van der Waals surface area contributed by atoms with E-state index in [1.165, 1.54) is 0 Å². The summed E-state index contributed by atoms with van der Waals surface area (Å²) in [7, 11) is 0. The zero-order valence-electron chi connectivity index (χ0n) is 16.8. The van der Waals surface area contributed by atoms with Crippen LogP contribution in [0.5, 0.6) is 0 Å². The zero-order chi connectivity index (χ0) is 21.4. The Hall–Kier alpha value is -2.59. The molecule has 2 amide bonds. The van der Waals surface area contributed by atoms with Gasteiger partial charge in [0.25, 0.3) is 11.8 Å². The van der Waals surface area contributed by atoms with Crippen LogP contribution in [-0.4, -0.2) is 66.1 Å². The lowest BCUT2D eigenvalue weighted by Gasteiger charge is -2.28. The van der Waals surface area contributed by atoms with Gasteiger partial charge in [0.05, 0.1) is 13.2 Å². The van der Waals surface area contributed by atoms with Gasteiger partial charge in [-0.05, 0) is 53.7 Å². The average Bonchev–Trinajstić information content (AvgIpc) is 3.45. The van der Waals surface area contributed by atoms with Gasteiger partial charge in [0.2, 0.25) is 0 Å². The normalized spacial score (nSPS) is 20.3. The topological polar surface area (TPSA) is 73.9 Å². The number of amides is 2. The number of thiocarbonyl (C=S) groups is 1. The SMILES string of the molecule is O=C1NC(=S)N/C1=C/c1ccc(-c2ccc3c(c2)CN(CCN2CCOCC2)C3=O)s1. The fraction of sp³-hybridized carbons (Fsp3) is 0.318. The van der Waals surface area contributed by atoms with E-state index in [0.717, 1.165) is 65.8 Å². The van der Waals surface area contributed by atoms with Crippen LogP contribution in [0.3, 0.4) is 0 Å². The molecule has 0 unspecified atom stereocenters. The summed E-state index contributed by atoms with van der Waals surface area (Å²) in [5, 5.41) is 5.76. The van der Waals surface area contributed by atoms with Crippen LogP contribution in [-0.2, 0) is 16.1 Å². The van der Waals surface area contributed by atoms with Crippen LogP contribution in [0.1, 0.15) is 20.8 Å². The standard InChI is InChI=1S/C22H22N4O3S2/c27-20-18(23-22(30)24-20)12-16-2-4-19(31-16)14-1-3-17-15(11-14)13-26(21(17)28)6-5-25-7-9-29-10-8-25/h1-4,11-12H,5-10,13H2,(H2,23,24,27,30)/b18-12+. The van der Waals surface area contributed by atoms with E-state index in [2.05, 4.69) is 21.6 Å². The van der Waals surface area contributed by atoms with Crippen LogP contribution in [0.15, 0.2) is 36.0 Å². The summed E-state index contributed by atoms with van der Waals surface area (Å²) in [5.74, 6) is -0.103. The highest BCUT2D eigenvalue weighted by Crippen LogP contribution is 2.33. The van der Waals surface area contributed by atoms with E-state index in [9.17, 15) is 9.59 Å². The first kappa shape index (κ1) is 20.3. The van der Waals surface area contributed by atoms with Crippen molar-refractivity contribution < 1.29 is 14.3 Å². The Morgan fingerprint density at radius 2 is 1.94 bits per heavy atom. The maximum absolute atomic E-state index is 12.8. The van der Waals surface area contributed by atoms with Crippen LogP contribution < -0.4 is 10.6 Å². The molecule has 0 atom stereocenters. The van der Waals surface area contributed by atoms with Crippen LogP contribution >= 0.6 is 23.6 Å². The summed E-state index contributed by atoms with van der Waals surface area (Å²) in [6.07, 6.45) is 1.80. The van der Waals surface area contributed by atoms with E-state index in [0.29, 0.717) is 17.4 Å². The second kappa shape index (κ2) is 8.51. The fourth-order valence-electron chi connectivity index (χ4n) is 4.01. The first-order valence-corrected chi connectivity index (χ1v) is 11.5. The van der Waals surface area contributed by atoms with Gasteiger partial charge in [-0.2, -0.15) is 0 Å². The molecule has 0 aliphatic carbocycles. The summed E-state index contributed by atoms with van der Waals surface area (Å²) in [5.41, 5.74) is 3.40. The number of ether oxygens (including phenoxy) is 1. The van der Waals surface area contributed by atoms with Gasteiger partial charge in [0.15, 0.2) is 5.11 Å². The minimum Gasteiger partial charge on any atom is -0.379 e. The molecule has 1 aromatic carbocycles. The molecule has 9 heteroatoms. The number of carbonyl (C=O) groups is 2. The van der Waals surface area contributed by atoms with Crippen LogP contribution in [0, 0.1) is 0 Å². The van der Waals surface area contributed by atoms with E-state index in [1.54, 1.807) is 17.4 Å². The Balaban J connectivity index is 1.28. The molecule has 5 rings (SSSR count). The van der Waals surface area contributed by atoms with Crippen molar-refractivity contribution in [2.24, 2.45) is 0 Å². The maximum Gasteiger partial charge on any atom is 0.273 e. The van der Waals surface area contributed by atoms with Gasteiger partial charge in [0, 0.05) is 48.0 Å². The Labute approximate surface area is 189 Å². The van der Waals surface area contributed by atoms with E-state index < -0.39 is 0 Å². The monoisotopic (exact) mass is 454 g/mol. The highest BCUT2D eigenvalue weighted by Gasteiger charge is 2.28. The second-order valence-electron chi connectivity index (χ2n) is 7.72. The van der Waals surface area contributed by atoms with Crippen molar-refractivity contribution in [2.45, 2.75) is 6.54 Å². The average molecular weight is 455 g/mol. The highest BCUT2D eigenvalue weighted by molar-refractivity contribution is 7.80. The minimum absolute atomic E-state index is 0.112. The number of carbonyl (C=O) groups excluding carboxylic acids is 2. The molecular formula is C22H22N4O3S2. The fourth-order valence-corrected chi connectivity index (χ4v) is 5.16. The number of nitrogens with one attached hydrogen (secondary N) is 2. The molecular weight excluding hydrogens is 432 g/mol. The Morgan fingerprint density at radius 1 is 1.10 bits per heavy atom. The molecule has 2 N–H and O–H groups in total. The molecule has 7 nitrogen and oxygen atoms in total. The van der Waals surface area contributed by atoms with Crippen molar-refractivity contribution in [1.82, 2.24) is 20.4 Å². The number of fused-ring (bicyclic) bond motifs is 1. The summed E-state index contributed by atoms with van der Waals surface area (Å²) in [6.45, 7) is 5.66. The molecule has 160 valence electrons. The summed E-state index contributed by atoms with van der Waals surface area (Å²) >= 11 is 6.57. The lowest BCUT2D eigenvalue weighted by molar-refractivity contribution is -0.115. The number of hydrogen-bond donors (Lipinski definition) is 2. The van der Waals surface area contributed by atoms with Gasteiger partial charge in [-0.15, -0.1) is 11.3 Å².